The Morgan fingerprint density at radius 1 is 1.00 bits per heavy atom. The number of nitrogens with zero attached hydrogens (tertiary/aromatic N) is 4. The lowest BCUT2D eigenvalue weighted by Crippen LogP contribution is -2.30. The van der Waals surface area contributed by atoms with Crippen molar-refractivity contribution < 1.29 is 31.2 Å². The number of rotatable bonds is 12. The van der Waals surface area contributed by atoms with Gasteiger partial charge < -0.3 is 10.6 Å². The first-order chi connectivity index (χ1) is 22.2. The predicted molar refractivity (Wildman–Crippen MR) is 174 cm³/mol. The summed E-state index contributed by atoms with van der Waals surface area (Å²) in [4.78, 5) is 25.9. The number of amides is 2. The second-order valence-electron chi connectivity index (χ2n) is 10.3. The Balaban J connectivity index is 1.53. The molecule has 4 aromatic rings. The fraction of sp³-hybridized carbons (Fsp3) is 0.290. The fourth-order valence-electron chi connectivity index (χ4n) is 4.59. The van der Waals surface area contributed by atoms with Crippen molar-refractivity contribution in [2.45, 2.75) is 50.5 Å². The molecule has 47 heavy (non-hydrogen) atoms. The number of benzene rings is 3. The van der Waals surface area contributed by atoms with E-state index in [1.807, 2.05) is 32.0 Å². The van der Waals surface area contributed by atoms with Crippen molar-refractivity contribution in [3.63, 3.8) is 0 Å². The molecule has 0 bridgehead atoms. The Kier molecular flexibility index (Phi) is 11.4. The van der Waals surface area contributed by atoms with E-state index in [4.69, 9.17) is 11.6 Å². The van der Waals surface area contributed by atoms with Gasteiger partial charge in [0.05, 0.1) is 39.2 Å². The SMILES string of the molecule is CCN(CC)S(=O)(=O)c1ccc(C(=O)NCc2nnc(SCC(=O)Nc3cc(C(F)(F)F)ccc3Cl)n2-c2cccc(C)c2C)cc1. The summed E-state index contributed by atoms with van der Waals surface area (Å²) < 4.78 is 68.1. The molecule has 2 N–H and O–H groups in total. The minimum absolute atomic E-state index is 0.0481. The number of aryl methyl sites for hydroxylation is 1. The summed E-state index contributed by atoms with van der Waals surface area (Å²) in [5, 5.41) is 13.9. The predicted octanol–water partition coefficient (Wildman–Crippen LogP) is 6.25. The summed E-state index contributed by atoms with van der Waals surface area (Å²) in [6, 6.07) is 13.9. The van der Waals surface area contributed by atoms with E-state index in [2.05, 4.69) is 20.8 Å². The van der Waals surface area contributed by atoms with Gasteiger partial charge in [0.15, 0.2) is 11.0 Å². The summed E-state index contributed by atoms with van der Waals surface area (Å²) in [7, 11) is -3.68. The van der Waals surface area contributed by atoms with E-state index >= 15 is 0 Å². The summed E-state index contributed by atoms with van der Waals surface area (Å²) in [5.74, 6) is -0.978. The summed E-state index contributed by atoms with van der Waals surface area (Å²) in [6.07, 6.45) is -4.61. The molecule has 0 saturated heterocycles. The molecule has 0 unspecified atom stereocenters. The van der Waals surface area contributed by atoms with E-state index in [1.54, 1.807) is 18.4 Å². The number of aromatic nitrogens is 3. The van der Waals surface area contributed by atoms with Gasteiger partial charge in [0, 0.05) is 18.7 Å². The van der Waals surface area contributed by atoms with Gasteiger partial charge >= 0.3 is 6.18 Å². The third kappa shape index (κ3) is 8.33. The number of halogens is 4. The lowest BCUT2D eigenvalue weighted by Gasteiger charge is -2.18. The summed E-state index contributed by atoms with van der Waals surface area (Å²) in [6.45, 7) is 7.88. The van der Waals surface area contributed by atoms with Crippen molar-refractivity contribution in [2.75, 3.05) is 24.2 Å². The highest BCUT2D eigenvalue weighted by atomic mass is 35.5. The molecule has 0 aliphatic heterocycles. The van der Waals surface area contributed by atoms with E-state index in [-0.39, 0.29) is 33.5 Å². The maximum atomic E-state index is 13.2. The van der Waals surface area contributed by atoms with Crippen LogP contribution >= 0.6 is 23.4 Å². The highest BCUT2D eigenvalue weighted by Crippen LogP contribution is 2.34. The van der Waals surface area contributed by atoms with E-state index < -0.39 is 33.6 Å². The number of carbonyl (C=O) groups is 2. The van der Waals surface area contributed by atoms with Gasteiger partial charge in [-0.1, -0.05) is 49.3 Å². The lowest BCUT2D eigenvalue weighted by atomic mass is 10.1. The normalized spacial score (nSPS) is 11.9. The highest BCUT2D eigenvalue weighted by molar-refractivity contribution is 7.99. The number of sulfonamides is 1. The molecule has 250 valence electrons. The first kappa shape index (κ1) is 35.9. The van der Waals surface area contributed by atoms with Gasteiger partial charge in [0.1, 0.15) is 0 Å². The minimum Gasteiger partial charge on any atom is -0.345 e. The molecular weight excluding hydrogens is 677 g/mol. The van der Waals surface area contributed by atoms with Crippen LogP contribution in [0, 0.1) is 13.8 Å². The standard InChI is InChI=1S/C31H32ClF3N6O4S2/c1-5-40(6-2)47(44,45)23-13-10-21(11-14-23)29(43)36-17-27-38-39-30(41(27)26-9-7-8-19(3)20(26)4)46-18-28(42)37-25-16-22(31(33,34)35)12-15-24(25)32/h7-16H,5-6,17-18H2,1-4H3,(H,36,43)(H,37,42). The average molecular weight is 709 g/mol. The second kappa shape index (κ2) is 14.9. The summed E-state index contributed by atoms with van der Waals surface area (Å²) in [5.41, 5.74) is 1.68. The van der Waals surface area contributed by atoms with Crippen molar-refractivity contribution in [3.05, 3.63) is 93.8 Å². The molecular formula is C31H32ClF3N6O4S2. The quantitative estimate of drug-likeness (QED) is 0.167. The zero-order valence-corrected chi connectivity index (χ0v) is 28.2. The zero-order chi connectivity index (χ0) is 34.5. The largest absolute Gasteiger partial charge is 0.416 e. The number of alkyl halides is 3. The van der Waals surface area contributed by atoms with E-state index in [9.17, 15) is 31.2 Å². The highest BCUT2D eigenvalue weighted by Gasteiger charge is 2.31. The van der Waals surface area contributed by atoms with Crippen LogP contribution in [0.3, 0.4) is 0 Å². The molecule has 2 amide bonds. The third-order valence-electron chi connectivity index (χ3n) is 7.28. The maximum Gasteiger partial charge on any atom is 0.416 e. The van der Waals surface area contributed by atoms with Gasteiger partial charge in [-0.3, -0.25) is 14.2 Å². The van der Waals surface area contributed by atoms with Gasteiger partial charge in [-0.25, -0.2) is 8.42 Å². The number of hydrogen-bond donors (Lipinski definition) is 2. The van der Waals surface area contributed by atoms with Gasteiger partial charge in [0.2, 0.25) is 15.9 Å². The number of anilines is 1. The minimum atomic E-state index is -4.61. The molecule has 0 fully saturated rings. The second-order valence-corrected chi connectivity index (χ2v) is 13.6. The molecule has 3 aromatic carbocycles. The van der Waals surface area contributed by atoms with Crippen LogP contribution in [-0.4, -0.2) is 58.1 Å². The number of carbonyl (C=O) groups excluding carboxylic acids is 2. The maximum absolute atomic E-state index is 13.2. The Morgan fingerprint density at radius 3 is 2.32 bits per heavy atom. The molecule has 0 aliphatic rings. The Hall–Kier alpha value is -3.92. The number of hydrogen-bond acceptors (Lipinski definition) is 7. The number of nitrogens with one attached hydrogen (secondary N) is 2. The van der Waals surface area contributed by atoms with Crippen LogP contribution in [0.4, 0.5) is 18.9 Å². The van der Waals surface area contributed by atoms with Crippen LogP contribution in [0.15, 0.2) is 70.7 Å². The lowest BCUT2D eigenvalue weighted by molar-refractivity contribution is -0.137. The molecule has 10 nitrogen and oxygen atoms in total. The molecule has 0 atom stereocenters. The smallest absolute Gasteiger partial charge is 0.345 e. The monoisotopic (exact) mass is 708 g/mol. The first-order valence-corrected chi connectivity index (χ1v) is 17.2. The Morgan fingerprint density at radius 2 is 1.68 bits per heavy atom. The van der Waals surface area contributed by atoms with Crippen LogP contribution in [0.2, 0.25) is 5.02 Å². The van der Waals surface area contributed by atoms with Gasteiger partial charge in [-0.05, 0) is 73.5 Å². The van der Waals surface area contributed by atoms with E-state index in [0.717, 1.165) is 41.1 Å². The Bertz CT molecular complexity index is 1880. The molecule has 1 aromatic heterocycles. The van der Waals surface area contributed by atoms with Crippen molar-refractivity contribution in [1.29, 1.82) is 0 Å². The first-order valence-electron chi connectivity index (χ1n) is 14.4. The van der Waals surface area contributed by atoms with Crippen LogP contribution < -0.4 is 10.6 Å². The number of thioether (sulfide) groups is 1. The molecule has 4 rings (SSSR count). The molecule has 0 saturated carbocycles. The molecule has 0 spiro atoms. The Labute approximate surface area is 279 Å². The molecule has 0 aliphatic carbocycles. The van der Waals surface area contributed by atoms with Crippen LogP contribution in [-0.2, 0) is 27.5 Å². The third-order valence-corrected chi connectivity index (χ3v) is 10.6. The molecule has 1 heterocycles. The van der Waals surface area contributed by atoms with Crippen LogP contribution in [0.25, 0.3) is 5.69 Å². The van der Waals surface area contributed by atoms with Crippen molar-refractivity contribution >= 4 is 50.9 Å². The molecule has 16 heteroatoms. The summed E-state index contributed by atoms with van der Waals surface area (Å²) >= 11 is 7.03. The van der Waals surface area contributed by atoms with Crippen molar-refractivity contribution in [1.82, 2.24) is 24.4 Å². The van der Waals surface area contributed by atoms with E-state index in [1.165, 1.54) is 28.6 Å². The van der Waals surface area contributed by atoms with Crippen molar-refractivity contribution in [3.8, 4) is 5.69 Å². The topological polar surface area (TPSA) is 126 Å². The molecule has 0 radical (unpaired) electrons. The van der Waals surface area contributed by atoms with Gasteiger partial charge in [-0.15, -0.1) is 10.2 Å². The fourth-order valence-corrected chi connectivity index (χ4v) is 6.98. The van der Waals surface area contributed by atoms with E-state index in [0.29, 0.717) is 29.8 Å². The zero-order valence-electron chi connectivity index (χ0n) is 25.9. The van der Waals surface area contributed by atoms with Crippen LogP contribution in [0.1, 0.15) is 46.7 Å². The van der Waals surface area contributed by atoms with Gasteiger partial charge in [-0.2, -0.15) is 17.5 Å². The van der Waals surface area contributed by atoms with Crippen LogP contribution in [0.5, 0.6) is 0 Å². The van der Waals surface area contributed by atoms with Crippen molar-refractivity contribution in [2.24, 2.45) is 0 Å². The average Bonchev–Trinajstić information content (AvgIpc) is 3.43. The van der Waals surface area contributed by atoms with Gasteiger partial charge in [0.25, 0.3) is 5.91 Å².